The average Bonchev–Trinajstić information content (AvgIpc) is 2.80. The third-order valence-electron chi connectivity index (χ3n) is 3.35. The number of benzene rings is 1. The molecule has 0 aliphatic carbocycles. The van der Waals surface area contributed by atoms with Crippen LogP contribution >= 0.6 is 0 Å². The quantitative estimate of drug-likeness (QED) is 0.793. The third-order valence-corrected chi connectivity index (χ3v) is 3.35. The van der Waals surface area contributed by atoms with Crippen molar-refractivity contribution < 1.29 is 9.84 Å². The van der Waals surface area contributed by atoms with Crippen molar-refractivity contribution in [2.75, 3.05) is 0 Å². The molecule has 0 fully saturated rings. The highest BCUT2D eigenvalue weighted by Crippen LogP contribution is 2.30. The van der Waals surface area contributed by atoms with Gasteiger partial charge in [0.25, 0.3) is 0 Å². The third kappa shape index (κ3) is 2.04. The number of imidazole rings is 1. The zero-order chi connectivity index (χ0) is 14.1. The van der Waals surface area contributed by atoms with Gasteiger partial charge in [0.15, 0.2) is 0 Å². The Morgan fingerprint density at radius 1 is 1.10 bits per heavy atom. The van der Waals surface area contributed by atoms with Gasteiger partial charge in [0.1, 0.15) is 17.1 Å². The molecule has 0 saturated carbocycles. The normalized spacial score (nSPS) is 10.9. The predicted molar refractivity (Wildman–Crippen MR) is 77.1 cm³/mol. The van der Waals surface area contributed by atoms with E-state index in [1.807, 2.05) is 60.8 Å². The number of nitrogens with zero attached hydrogens (tertiary/aromatic N) is 2. The van der Waals surface area contributed by atoms with Gasteiger partial charge in [-0.05, 0) is 37.1 Å². The van der Waals surface area contributed by atoms with Crippen LogP contribution in [0, 0.1) is 13.8 Å². The Morgan fingerprint density at radius 3 is 2.55 bits per heavy atom. The van der Waals surface area contributed by atoms with E-state index in [9.17, 15) is 5.11 Å². The highest BCUT2D eigenvalue weighted by atomic mass is 16.5. The van der Waals surface area contributed by atoms with Crippen LogP contribution in [0.2, 0.25) is 0 Å². The van der Waals surface area contributed by atoms with E-state index in [0.717, 1.165) is 22.5 Å². The number of pyridine rings is 1. The second kappa shape index (κ2) is 4.98. The van der Waals surface area contributed by atoms with E-state index in [4.69, 9.17) is 4.74 Å². The Labute approximate surface area is 117 Å². The molecule has 0 saturated heterocycles. The average molecular weight is 268 g/mol. The highest BCUT2D eigenvalue weighted by Gasteiger charge is 2.15. The molecule has 102 valence electrons. The Hall–Kier alpha value is -2.33. The number of aryl methyl sites for hydroxylation is 2. The fourth-order valence-electron chi connectivity index (χ4n) is 2.31. The van der Waals surface area contributed by atoms with Gasteiger partial charge < -0.3 is 9.84 Å². The fraction of sp³-hybridized carbons (Fsp3) is 0.188. The second-order valence-electron chi connectivity index (χ2n) is 4.77. The van der Waals surface area contributed by atoms with E-state index >= 15 is 0 Å². The molecule has 0 aliphatic rings. The molecule has 20 heavy (non-hydrogen) atoms. The maximum Gasteiger partial charge on any atom is 0.243 e. The highest BCUT2D eigenvalue weighted by molar-refractivity contribution is 5.48. The summed E-state index contributed by atoms with van der Waals surface area (Å²) < 4.78 is 7.79. The molecule has 0 aliphatic heterocycles. The van der Waals surface area contributed by atoms with E-state index in [0.29, 0.717) is 11.6 Å². The molecule has 4 heteroatoms. The van der Waals surface area contributed by atoms with Crippen molar-refractivity contribution in [3.05, 3.63) is 59.4 Å². The lowest BCUT2D eigenvalue weighted by Gasteiger charge is -2.10. The summed E-state index contributed by atoms with van der Waals surface area (Å²) in [4.78, 5) is 4.44. The lowest BCUT2D eigenvalue weighted by molar-refractivity contribution is 0.269. The summed E-state index contributed by atoms with van der Waals surface area (Å²) >= 11 is 0. The number of para-hydroxylation sites is 1. The minimum Gasteiger partial charge on any atom is -0.437 e. The number of ether oxygens (including phenoxy) is 1. The van der Waals surface area contributed by atoms with E-state index in [1.165, 1.54) is 0 Å². The first kappa shape index (κ1) is 12.7. The van der Waals surface area contributed by atoms with Crippen molar-refractivity contribution >= 4 is 5.65 Å². The lowest BCUT2D eigenvalue weighted by Crippen LogP contribution is -1.96. The second-order valence-corrected chi connectivity index (χ2v) is 4.77. The van der Waals surface area contributed by atoms with Gasteiger partial charge in [0, 0.05) is 6.20 Å². The number of aliphatic hydroxyl groups excluding tert-OH is 1. The van der Waals surface area contributed by atoms with Crippen molar-refractivity contribution in [3.63, 3.8) is 0 Å². The van der Waals surface area contributed by atoms with Crippen molar-refractivity contribution in [1.82, 2.24) is 9.38 Å². The van der Waals surface area contributed by atoms with Crippen LogP contribution in [0.25, 0.3) is 5.65 Å². The summed E-state index contributed by atoms with van der Waals surface area (Å²) in [5, 5.41) is 9.58. The molecule has 2 heterocycles. The smallest absolute Gasteiger partial charge is 0.243 e. The maximum atomic E-state index is 9.58. The number of fused-ring (bicyclic) bond motifs is 1. The molecule has 0 atom stereocenters. The van der Waals surface area contributed by atoms with Crippen molar-refractivity contribution in [2.45, 2.75) is 20.5 Å². The van der Waals surface area contributed by atoms with Crippen molar-refractivity contribution in [2.24, 2.45) is 0 Å². The molecule has 3 rings (SSSR count). The van der Waals surface area contributed by atoms with E-state index in [1.54, 1.807) is 0 Å². The Kier molecular flexibility index (Phi) is 3.16. The first-order valence-corrected chi connectivity index (χ1v) is 6.51. The summed E-state index contributed by atoms with van der Waals surface area (Å²) in [5.41, 5.74) is 3.51. The van der Waals surface area contributed by atoms with Gasteiger partial charge in [-0.15, -0.1) is 0 Å². The lowest BCUT2D eigenvalue weighted by atomic mass is 10.1. The van der Waals surface area contributed by atoms with E-state index in [-0.39, 0.29) is 6.61 Å². The Bertz CT molecular complexity index is 742. The number of hydrogen-bond acceptors (Lipinski definition) is 3. The van der Waals surface area contributed by atoms with E-state index < -0.39 is 0 Å². The van der Waals surface area contributed by atoms with Gasteiger partial charge >= 0.3 is 0 Å². The molecular weight excluding hydrogens is 252 g/mol. The van der Waals surface area contributed by atoms with Gasteiger partial charge in [-0.3, -0.25) is 4.40 Å². The van der Waals surface area contributed by atoms with Crippen LogP contribution in [0.3, 0.4) is 0 Å². The number of rotatable bonds is 3. The van der Waals surface area contributed by atoms with Gasteiger partial charge in [0.05, 0.1) is 6.61 Å². The van der Waals surface area contributed by atoms with Crippen LogP contribution < -0.4 is 4.74 Å². The van der Waals surface area contributed by atoms with Crippen LogP contribution in [-0.4, -0.2) is 14.5 Å². The summed E-state index contributed by atoms with van der Waals surface area (Å²) in [7, 11) is 0. The zero-order valence-corrected chi connectivity index (χ0v) is 11.5. The van der Waals surface area contributed by atoms with E-state index in [2.05, 4.69) is 4.98 Å². The molecule has 0 spiro atoms. The van der Waals surface area contributed by atoms with Gasteiger partial charge in [-0.25, -0.2) is 0 Å². The molecule has 4 nitrogen and oxygen atoms in total. The van der Waals surface area contributed by atoms with Crippen molar-refractivity contribution in [1.29, 1.82) is 0 Å². The van der Waals surface area contributed by atoms with Gasteiger partial charge in [-0.2, -0.15) is 4.98 Å². The summed E-state index contributed by atoms with van der Waals surface area (Å²) in [6.07, 6.45) is 1.87. The number of aromatic nitrogens is 2. The Morgan fingerprint density at radius 2 is 1.85 bits per heavy atom. The standard InChI is InChI=1S/C16H16N2O2/c1-11-6-5-7-12(2)15(11)20-16-13(10-19)18-9-4-3-8-14(18)17-16/h3-9,19H,10H2,1-2H3. The molecule has 1 aromatic carbocycles. The molecule has 0 bridgehead atoms. The summed E-state index contributed by atoms with van der Waals surface area (Å²) in [5.74, 6) is 1.25. The van der Waals surface area contributed by atoms with Crippen LogP contribution in [0.5, 0.6) is 11.6 Å². The predicted octanol–water partition coefficient (Wildman–Crippen LogP) is 3.24. The summed E-state index contributed by atoms with van der Waals surface area (Å²) in [6, 6.07) is 11.7. The SMILES string of the molecule is Cc1cccc(C)c1Oc1nc2ccccn2c1CO. The fourth-order valence-corrected chi connectivity index (χ4v) is 2.31. The molecule has 1 N–H and O–H groups in total. The largest absolute Gasteiger partial charge is 0.437 e. The molecule has 0 radical (unpaired) electrons. The van der Waals surface area contributed by atoms with Crippen LogP contribution in [0.15, 0.2) is 42.6 Å². The molecule has 2 aromatic heterocycles. The zero-order valence-electron chi connectivity index (χ0n) is 11.5. The van der Waals surface area contributed by atoms with Gasteiger partial charge in [-0.1, -0.05) is 24.3 Å². The minimum atomic E-state index is -0.120. The van der Waals surface area contributed by atoms with Crippen LogP contribution in [0.1, 0.15) is 16.8 Å². The first-order valence-electron chi connectivity index (χ1n) is 6.51. The molecule has 0 amide bonds. The molecule has 3 aromatic rings. The maximum absolute atomic E-state index is 9.58. The number of hydrogen-bond donors (Lipinski definition) is 1. The minimum absolute atomic E-state index is 0.120. The van der Waals surface area contributed by atoms with Gasteiger partial charge in [0.2, 0.25) is 5.88 Å². The number of aliphatic hydroxyl groups is 1. The van der Waals surface area contributed by atoms with Crippen molar-refractivity contribution in [3.8, 4) is 11.6 Å². The Balaban J connectivity index is 2.11. The monoisotopic (exact) mass is 268 g/mol. The summed E-state index contributed by atoms with van der Waals surface area (Å²) in [6.45, 7) is 3.87. The van der Waals surface area contributed by atoms with Crippen LogP contribution in [0.4, 0.5) is 0 Å². The molecular formula is C16H16N2O2. The molecule has 0 unspecified atom stereocenters. The topological polar surface area (TPSA) is 46.8 Å². The first-order chi connectivity index (χ1) is 9.70. The van der Waals surface area contributed by atoms with Crippen LogP contribution in [-0.2, 0) is 6.61 Å².